The zero-order valence-corrected chi connectivity index (χ0v) is 15.1. The second-order valence-corrected chi connectivity index (χ2v) is 5.34. The number of carbonyl (C=O) groups is 2. The Kier molecular flexibility index (Phi) is 6.85. The number of hydrogen-bond acceptors (Lipinski definition) is 7. The second-order valence-electron chi connectivity index (χ2n) is 5.34. The molecule has 0 aliphatic rings. The molecule has 0 radical (unpaired) electrons. The maximum Gasteiger partial charge on any atom is 0.338 e. The molecular formula is C18H17FN2O7. The fraction of sp³-hybridized carbons (Fsp3) is 0.222. The summed E-state index contributed by atoms with van der Waals surface area (Å²) in [4.78, 5) is 34.0. The first kappa shape index (κ1) is 20.6. The topological polar surface area (TPSA) is 117 Å². The minimum Gasteiger partial charge on any atom is -0.493 e. The lowest BCUT2D eigenvalue weighted by molar-refractivity contribution is -0.384. The first-order chi connectivity index (χ1) is 13.3. The van der Waals surface area contributed by atoms with Gasteiger partial charge in [-0.3, -0.25) is 14.9 Å². The lowest BCUT2D eigenvalue weighted by atomic mass is 10.2. The molecule has 0 atom stereocenters. The van der Waals surface area contributed by atoms with Gasteiger partial charge in [0.1, 0.15) is 5.82 Å². The summed E-state index contributed by atoms with van der Waals surface area (Å²) in [5.41, 5.74) is -0.660. The number of esters is 1. The van der Waals surface area contributed by atoms with Gasteiger partial charge in [-0.25, -0.2) is 9.18 Å². The summed E-state index contributed by atoms with van der Waals surface area (Å²) in [5.74, 6) is -1.76. The average Bonchev–Trinajstić information content (AvgIpc) is 2.67. The summed E-state index contributed by atoms with van der Waals surface area (Å²) in [6, 6.07) is 7.04. The summed E-state index contributed by atoms with van der Waals surface area (Å²) >= 11 is 0. The Bertz CT molecular complexity index is 901. The van der Waals surface area contributed by atoms with E-state index in [-0.39, 0.29) is 5.56 Å². The number of methoxy groups -OCH3 is 1. The Morgan fingerprint density at radius 2 is 1.93 bits per heavy atom. The molecule has 0 aromatic heterocycles. The maximum atomic E-state index is 13.7. The molecule has 9 nitrogen and oxygen atoms in total. The molecule has 2 aromatic carbocycles. The molecule has 2 aromatic rings. The van der Waals surface area contributed by atoms with Gasteiger partial charge in [-0.1, -0.05) is 0 Å². The van der Waals surface area contributed by atoms with Crippen molar-refractivity contribution < 1.29 is 33.1 Å². The van der Waals surface area contributed by atoms with Crippen molar-refractivity contribution in [2.24, 2.45) is 0 Å². The molecule has 0 saturated heterocycles. The van der Waals surface area contributed by atoms with Crippen molar-refractivity contribution in [3.05, 3.63) is 57.9 Å². The number of benzene rings is 2. The molecule has 0 heterocycles. The molecule has 0 fully saturated rings. The van der Waals surface area contributed by atoms with E-state index in [0.29, 0.717) is 18.1 Å². The zero-order valence-electron chi connectivity index (χ0n) is 15.1. The highest BCUT2D eigenvalue weighted by Gasteiger charge is 2.16. The van der Waals surface area contributed by atoms with E-state index < -0.39 is 40.6 Å². The fourth-order valence-electron chi connectivity index (χ4n) is 2.20. The van der Waals surface area contributed by atoms with Gasteiger partial charge in [0.25, 0.3) is 11.6 Å². The lowest BCUT2D eigenvalue weighted by Gasteiger charge is -2.11. The number of non-ortho nitro benzene ring substituents is 1. The third-order valence-corrected chi connectivity index (χ3v) is 3.47. The highest BCUT2D eigenvalue weighted by atomic mass is 19.1. The van der Waals surface area contributed by atoms with Crippen LogP contribution in [0.4, 0.5) is 15.8 Å². The van der Waals surface area contributed by atoms with E-state index >= 15 is 0 Å². The van der Waals surface area contributed by atoms with Crippen LogP contribution in [0.5, 0.6) is 11.5 Å². The molecule has 28 heavy (non-hydrogen) atoms. The van der Waals surface area contributed by atoms with Crippen LogP contribution < -0.4 is 14.8 Å². The predicted molar refractivity (Wildman–Crippen MR) is 96.1 cm³/mol. The van der Waals surface area contributed by atoms with E-state index in [2.05, 4.69) is 5.32 Å². The van der Waals surface area contributed by atoms with Gasteiger partial charge >= 0.3 is 5.97 Å². The van der Waals surface area contributed by atoms with Gasteiger partial charge in [0.2, 0.25) is 0 Å². The highest BCUT2D eigenvalue weighted by molar-refractivity contribution is 5.96. The van der Waals surface area contributed by atoms with Crippen molar-refractivity contribution in [2.75, 3.05) is 25.6 Å². The van der Waals surface area contributed by atoms with E-state index in [4.69, 9.17) is 14.2 Å². The quantitative estimate of drug-likeness (QED) is 0.417. The Labute approximate surface area is 159 Å². The van der Waals surface area contributed by atoms with Crippen molar-refractivity contribution in [1.82, 2.24) is 0 Å². The summed E-state index contributed by atoms with van der Waals surface area (Å²) in [5, 5.41) is 12.8. The number of anilines is 1. The number of nitro groups is 1. The summed E-state index contributed by atoms with van der Waals surface area (Å²) in [6.07, 6.45) is 0. The third-order valence-electron chi connectivity index (χ3n) is 3.47. The molecule has 2 rings (SSSR count). The Balaban J connectivity index is 2.01. The van der Waals surface area contributed by atoms with Gasteiger partial charge in [0.05, 0.1) is 29.9 Å². The molecule has 148 valence electrons. The molecule has 0 unspecified atom stereocenters. The minimum absolute atomic E-state index is 0.124. The van der Waals surface area contributed by atoms with Crippen LogP contribution in [0.1, 0.15) is 17.3 Å². The van der Waals surface area contributed by atoms with Gasteiger partial charge in [-0.05, 0) is 31.2 Å². The molecule has 0 saturated carbocycles. The average molecular weight is 392 g/mol. The van der Waals surface area contributed by atoms with E-state index in [1.54, 1.807) is 6.92 Å². The van der Waals surface area contributed by atoms with E-state index in [9.17, 15) is 24.1 Å². The van der Waals surface area contributed by atoms with Gasteiger partial charge in [0.15, 0.2) is 18.1 Å². The normalized spacial score (nSPS) is 10.1. The van der Waals surface area contributed by atoms with E-state index in [1.165, 1.54) is 25.3 Å². The molecule has 1 amide bonds. The van der Waals surface area contributed by atoms with Crippen molar-refractivity contribution in [1.29, 1.82) is 0 Å². The Morgan fingerprint density at radius 1 is 1.18 bits per heavy atom. The van der Waals surface area contributed by atoms with Gasteiger partial charge in [-0.2, -0.15) is 0 Å². The van der Waals surface area contributed by atoms with Crippen LogP contribution in [0.15, 0.2) is 36.4 Å². The van der Waals surface area contributed by atoms with Crippen molar-refractivity contribution in [3.63, 3.8) is 0 Å². The highest BCUT2D eigenvalue weighted by Crippen LogP contribution is 2.28. The van der Waals surface area contributed by atoms with Crippen molar-refractivity contribution >= 4 is 23.3 Å². The third kappa shape index (κ3) is 5.16. The maximum absolute atomic E-state index is 13.7. The minimum atomic E-state index is -0.859. The van der Waals surface area contributed by atoms with Crippen molar-refractivity contribution in [2.45, 2.75) is 6.92 Å². The predicted octanol–water partition coefficient (Wildman–Crippen LogP) is 2.94. The second kappa shape index (κ2) is 9.31. The molecule has 0 aliphatic carbocycles. The molecular weight excluding hydrogens is 375 g/mol. The number of halogens is 1. The largest absolute Gasteiger partial charge is 0.493 e. The number of nitrogens with zero attached hydrogens (tertiary/aromatic N) is 1. The number of carbonyl (C=O) groups excluding carboxylic acids is 2. The number of amides is 1. The van der Waals surface area contributed by atoms with Crippen LogP contribution in [-0.2, 0) is 9.53 Å². The molecule has 1 N–H and O–H groups in total. The lowest BCUT2D eigenvalue weighted by Crippen LogP contribution is -2.21. The fourth-order valence-corrected chi connectivity index (χ4v) is 2.20. The zero-order chi connectivity index (χ0) is 20.7. The number of nitrogens with one attached hydrogen (secondary N) is 1. The smallest absolute Gasteiger partial charge is 0.338 e. The number of hydrogen-bond donors (Lipinski definition) is 1. The standard InChI is InChI=1S/C18H17FN2O7/c1-3-27-16-8-11(4-7-15(16)26-2)18(23)28-10-17(22)20-14-9-12(21(24)25)5-6-13(14)19/h4-9H,3,10H2,1-2H3,(H,20,22). The molecule has 0 aliphatic heterocycles. The van der Waals surface area contributed by atoms with Crippen molar-refractivity contribution in [3.8, 4) is 11.5 Å². The molecule has 10 heteroatoms. The number of nitro benzene ring substituents is 1. The van der Waals surface area contributed by atoms with Gasteiger partial charge in [0, 0.05) is 12.1 Å². The van der Waals surface area contributed by atoms with Gasteiger partial charge < -0.3 is 19.5 Å². The number of rotatable bonds is 8. The van der Waals surface area contributed by atoms with Crippen LogP contribution in [0.3, 0.4) is 0 Å². The SMILES string of the molecule is CCOc1cc(C(=O)OCC(=O)Nc2cc([N+](=O)[O-])ccc2F)ccc1OC. The summed E-state index contributed by atoms with van der Waals surface area (Å²) in [7, 11) is 1.45. The summed E-state index contributed by atoms with van der Waals surface area (Å²) < 4.78 is 29.0. The summed E-state index contributed by atoms with van der Waals surface area (Å²) in [6.45, 7) is 1.41. The first-order valence-corrected chi connectivity index (χ1v) is 8.07. The monoisotopic (exact) mass is 392 g/mol. The van der Waals surface area contributed by atoms with Gasteiger partial charge in [-0.15, -0.1) is 0 Å². The number of ether oxygens (including phenoxy) is 3. The van der Waals surface area contributed by atoms with Crippen LogP contribution in [0.25, 0.3) is 0 Å². The molecule has 0 bridgehead atoms. The Hall–Kier alpha value is -3.69. The molecule has 0 spiro atoms. The van der Waals surface area contributed by atoms with Crippen LogP contribution in [-0.4, -0.2) is 37.1 Å². The van der Waals surface area contributed by atoms with Crippen LogP contribution in [0, 0.1) is 15.9 Å². The van der Waals surface area contributed by atoms with E-state index in [1.807, 2.05) is 0 Å². The van der Waals surface area contributed by atoms with Crippen LogP contribution >= 0.6 is 0 Å². The van der Waals surface area contributed by atoms with Crippen LogP contribution in [0.2, 0.25) is 0 Å². The van der Waals surface area contributed by atoms with E-state index in [0.717, 1.165) is 18.2 Å². The Morgan fingerprint density at radius 3 is 2.57 bits per heavy atom. The first-order valence-electron chi connectivity index (χ1n) is 8.07.